The van der Waals surface area contributed by atoms with Gasteiger partial charge in [-0.15, -0.1) is 0 Å². The minimum absolute atomic E-state index is 0.0823. The van der Waals surface area contributed by atoms with Gasteiger partial charge < -0.3 is 0 Å². The van der Waals surface area contributed by atoms with Crippen molar-refractivity contribution < 1.29 is 4.79 Å². The Hall–Kier alpha value is -3.62. The Labute approximate surface area is 146 Å². The number of hydrogen-bond acceptors (Lipinski definition) is 2. The van der Waals surface area contributed by atoms with Gasteiger partial charge in [0.2, 0.25) is 0 Å². The van der Waals surface area contributed by atoms with Gasteiger partial charge in [-0.25, -0.2) is 0 Å². The molecule has 0 radical (unpaired) electrons. The van der Waals surface area contributed by atoms with Crippen molar-refractivity contribution in [1.82, 2.24) is 0 Å². The first-order chi connectivity index (χ1) is 12.3. The molecular weight excluding hydrogens is 310 g/mol. The average molecular weight is 327 g/mol. The minimum Gasteiger partial charge on any atom is -0.290 e. The maximum atomic E-state index is 11.7. The fraction of sp³-hybridized carbons (Fsp3) is 0. The molecule has 4 nitrogen and oxygen atoms in total. The van der Waals surface area contributed by atoms with Crippen molar-refractivity contribution in [2.45, 2.75) is 0 Å². The highest BCUT2D eigenvalue weighted by Gasteiger charge is 1.88. The van der Waals surface area contributed by atoms with Crippen molar-refractivity contribution in [2.24, 2.45) is 5.11 Å². The van der Waals surface area contributed by atoms with Gasteiger partial charge in [0.05, 0.1) is 0 Å². The first kappa shape index (κ1) is 17.7. The van der Waals surface area contributed by atoms with Crippen molar-refractivity contribution in [3.8, 4) is 0 Å². The number of hydrogen-bond donors (Lipinski definition) is 0. The van der Waals surface area contributed by atoms with E-state index in [0.717, 1.165) is 11.1 Å². The molecule has 0 atom stereocenters. The molecule has 0 aromatic heterocycles. The standard InChI is InChI=1S/C21H17N3O/c22-24-23-20-16-14-19(15-17-20)11-5-7-13-21(25)12-6-4-10-18-8-2-1-3-9-18/h1-17H/b10-4+,11-5+,12-6?,13-7?. The second-order valence-corrected chi connectivity index (χ2v) is 5.03. The summed E-state index contributed by atoms with van der Waals surface area (Å²) in [5, 5.41) is 3.51. The van der Waals surface area contributed by atoms with Gasteiger partial charge in [-0.05, 0) is 28.8 Å². The molecule has 0 saturated carbocycles. The van der Waals surface area contributed by atoms with E-state index in [4.69, 9.17) is 5.53 Å². The van der Waals surface area contributed by atoms with Crippen molar-refractivity contribution in [3.63, 3.8) is 0 Å². The van der Waals surface area contributed by atoms with Crippen LogP contribution in [-0.2, 0) is 4.79 Å². The van der Waals surface area contributed by atoms with Crippen LogP contribution in [0.3, 0.4) is 0 Å². The highest BCUT2D eigenvalue weighted by Crippen LogP contribution is 2.13. The van der Waals surface area contributed by atoms with Crippen LogP contribution in [-0.4, -0.2) is 5.78 Å². The first-order valence-corrected chi connectivity index (χ1v) is 7.71. The molecule has 0 spiro atoms. The molecule has 2 rings (SSSR count). The molecule has 0 amide bonds. The van der Waals surface area contributed by atoms with Gasteiger partial charge in [-0.3, -0.25) is 4.79 Å². The third-order valence-corrected chi connectivity index (χ3v) is 3.17. The predicted octanol–water partition coefficient (Wildman–Crippen LogP) is 6.04. The smallest absolute Gasteiger partial charge is 0.178 e. The Balaban J connectivity index is 1.82. The molecule has 0 saturated heterocycles. The van der Waals surface area contributed by atoms with Crippen LogP contribution < -0.4 is 0 Å². The number of benzene rings is 2. The highest BCUT2D eigenvalue weighted by atomic mass is 16.1. The molecule has 2 aromatic rings. The third kappa shape index (κ3) is 6.99. The SMILES string of the molecule is [N-]=[N+]=Nc1ccc(/C=C/C=CC(=O)C=C/C=C/c2ccccc2)cc1. The van der Waals surface area contributed by atoms with Crippen LogP contribution in [0.25, 0.3) is 22.6 Å². The molecule has 0 unspecified atom stereocenters. The molecule has 0 aliphatic rings. The lowest BCUT2D eigenvalue weighted by molar-refractivity contribution is -0.110. The molecule has 0 heterocycles. The predicted molar refractivity (Wildman–Crippen MR) is 103 cm³/mol. The van der Waals surface area contributed by atoms with Gasteiger partial charge in [0.1, 0.15) is 0 Å². The van der Waals surface area contributed by atoms with E-state index < -0.39 is 0 Å². The van der Waals surface area contributed by atoms with Crippen LogP contribution in [0.5, 0.6) is 0 Å². The van der Waals surface area contributed by atoms with Crippen LogP contribution in [0.2, 0.25) is 0 Å². The molecule has 0 aliphatic heterocycles. The van der Waals surface area contributed by atoms with E-state index in [1.165, 1.54) is 12.2 Å². The fourth-order valence-electron chi connectivity index (χ4n) is 1.96. The first-order valence-electron chi connectivity index (χ1n) is 7.71. The molecule has 0 fully saturated rings. The minimum atomic E-state index is -0.0823. The van der Waals surface area contributed by atoms with Gasteiger partial charge in [-0.2, -0.15) is 0 Å². The maximum Gasteiger partial charge on any atom is 0.178 e. The van der Waals surface area contributed by atoms with Crippen molar-refractivity contribution in [2.75, 3.05) is 0 Å². The average Bonchev–Trinajstić information content (AvgIpc) is 2.65. The molecule has 0 N–H and O–H groups in total. The molecule has 0 aliphatic carbocycles. The summed E-state index contributed by atoms with van der Waals surface area (Å²) in [7, 11) is 0. The van der Waals surface area contributed by atoms with E-state index in [1.807, 2.05) is 60.7 Å². The summed E-state index contributed by atoms with van der Waals surface area (Å²) in [4.78, 5) is 14.4. The Bertz CT molecular complexity index is 854. The largest absolute Gasteiger partial charge is 0.290 e. The maximum absolute atomic E-state index is 11.7. The number of allylic oxidation sites excluding steroid dienone is 6. The zero-order valence-electron chi connectivity index (χ0n) is 13.6. The Morgan fingerprint density at radius 3 is 1.92 bits per heavy atom. The topological polar surface area (TPSA) is 65.8 Å². The Morgan fingerprint density at radius 1 is 0.800 bits per heavy atom. The normalized spacial score (nSPS) is 11.5. The van der Waals surface area contributed by atoms with Gasteiger partial charge in [-0.1, -0.05) is 96.2 Å². The second kappa shape index (κ2) is 10.2. The van der Waals surface area contributed by atoms with E-state index in [1.54, 1.807) is 30.4 Å². The summed E-state index contributed by atoms with van der Waals surface area (Å²) in [6, 6.07) is 17.0. The zero-order chi connectivity index (χ0) is 17.7. The summed E-state index contributed by atoms with van der Waals surface area (Å²) >= 11 is 0. The van der Waals surface area contributed by atoms with Gasteiger partial charge in [0, 0.05) is 10.6 Å². The van der Waals surface area contributed by atoms with E-state index in [0.29, 0.717) is 5.69 Å². The molecule has 122 valence electrons. The highest BCUT2D eigenvalue weighted by molar-refractivity contribution is 5.99. The molecule has 0 bridgehead atoms. The zero-order valence-corrected chi connectivity index (χ0v) is 13.6. The monoisotopic (exact) mass is 327 g/mol. The second-order valence-electron chi connectivity index (χ2n) is 5.03. The summed E-state index contributed by atoms with van der Waals surface area (Å²) in [6.45, 7) is 0. The van der Waals surface area contributed by atoms with Crippen molar-refractivity contribution in [1.29, 1.82) is 0 Å². The summed E-state index contributed by atoms with van der Waals surface area (Å²) < 4.78 is 0. The summed E-state index contributed by atoms with van der Waals surface area (Å²) in [6.07, 6.45) is 13.8. The van der Waals surface area contributed by atoms with Crippen LogP contribution in [0, 0.1) is 0 Å². The molecule has 25 heavy (non-hydrogen) atoms. The summed E-state index contributed by atoms with van der Waals surface area (Å²) in [5.74, 6) is -0.0823. The third-order valence-electron chi connectivity index (χ3n) is 3.17. The van der Waals surface area contributed by atoms with Crippen molar-refractivity contribution in [3.05, 3.63) is 113 Å². The number of rotatable bonds is 7. The number of carbonyl (C=O) groups excluding carboxylic acids is 1. The van der Waals surface area contributed by atoms with Gasteiger partial charge in [0.25, 0.3) is 0 Å². The number of carbonyl (C=O) groups is 1. The number of ketones is 1. The van der Waals surface area contributed by atoms with Crippen LogP contribution in [0.15, 0.2) is 96.2 Å². The quantitative estimate of drug-likeness (QED) is 0.201. The van der Waals surface area contributed by atoms with Crippen LogP contribution in [0.1, 0.15) is 11.1 Å². The van der Waals surface area contributed by atoms with Crippen LogP contribution >= 0.6 is 0 Å². The van der Waals surface area contributed by atoms with Crippen LogP contribution in [0.4, 0.5) is 5.69 Å². The van der Waals surface area contributed by atoms with E-state index >= 15 is 0 Å². The van der Waals surface area contributed by atoms with E-state index in [-0.39, 0.29) is 5.78 Å². The van der Waals surface area contributed by atoms with E-state index in [9.17, 15) is 4.79 Å². The molecule has 2 aromatic carbocycles. The number of nitrogens with zero attached hydrogens (tertiary/aromatic N) is 3. The lowest BCUT2D eigenvalue weighted by atomic mass is 10.2. The van der Waals surface area contributed by atoms with Gasteiger partial charge >= 0.3 is 0 Å². The molecule has 4 heteroatoms. The van der Waals surface area contributed by atoms with Crippen molar-refractivity contribution >= 4 is 23.6 Å². The Kier molecular flexibility index (Phi) is 7.24. The summed E-state index contributed by atoms with van der Waals surface area (Å²) in [5.41, 5.74) is 11.0. The lowest BCUT2D eigenvalue weighted by Gasteiger charge is -1.93. The van der Waals surface area contributed by atoms with E-state index in [2.05, 4.69) is 10.0 Å². The number of azide groups is 1. The Morgan fingerprint density at radius 2 is 1.36 bits per heavy atom. The molecular formula is C21H17N3O. The van der Waals surface area contributed by atoms with Gasteiger partial charge in [0.15, 0.2) is 5.78 Å². The lowest BCUT2D eigenvalue weighted by Crippen LogP contribution is -1.82. The fourth-order valence-corrected chi connectivity index (χ4v) is 1.96.